The van der Waals surface area contributed by atoms with Crippen LogP contribution in [0.3, 0.4) is 0 Å². The summed E-state index contributed by atoms with van der Waals surface area (Å²) in [7, 11) is 3.21. The van der Waals surface area contributed by atoms with Crippen LogP contribution in [-0.2, 0) is 9.53 Å². The molecule has 0 heterocycles. The second-order valence-electron chi connectivity index (χ2n) is 4.71. The minimum absolute atomic E-state index is 0.0825. The number of benzene rings is 1. The number of halogens is 2. The van der Waals surface area contributed by atoms with E-state index in [0.717, 1.165) is 0 Å². The maximum Gasteiger partial charge on any atom is 0.238 e. The lowest BCUT2D eigenvalue weighted by Gasteiger charge is -2.20. The highest BCUT2D eigenvalue weighted by atomic mass is 35.5. The summed E-state index contributed by atoms with van der Waals surface area (Å²) in [6.07, 6.45) is -0.656. The Balaban J connectivity index is 2.58. The zero-order chi connectivity index (χ0) is 16.0. The maximum absolute atomic E-state index is 11.9. The van der Waals surface area contributed by atoms with Gasteiger partial charge < -0.3 is 20.9 Å². The van der Waals surface area contributed by atoms with E-state index in [0.29, 0.717) is 22.9 Å². The number of amides is 1. The third kappa shape index (κ3) is 6.07. The first-order chi connectivity index (χ1) is 9.83. The molecule has 0 aliphatic carbocycles. The number of anilines is 2. The van der Waals surface area contributed by atoms with Gasteiger partial charge in [-0.2, -0.15) is 0 Å². The van der Waals surface area contributed by atoms with Crippen LogP contribution in [-0.4, -0.2) is 55.9 Å². The molecule has 6 nitrogen and oxygen atoms in total. The highest BCUT2D eigenvalue weighted by molar-refractivity contribution is 6.37. The van der Waals surface area contributed by atoms with Crippen LogP contribution in [0, 0.1) is 0 Å². The monoisotopic (exact) mass is 335 g/mol. The Kier molecular flexibility index (Phi) is 7.21. The van der Waals surface area contributed by atoms with E-state index in [4.69, 9.17) is 33.7 Å². The highest BCUT2D eigenvalue weighted by Gasteiger charge is 2.14. The van der Waals surface area contributed by atoms with Gasteiger partial charge >= 0.3 is 0 Å². The molecule has 1 amide bonds. The summed E-state index contributed by atoms with van der Waals surface area (Å²) >= 11 is 11.8. The molecular weight excluding hydrogens is 317 g/mol. The van der Waals surface area contributed by atoms with Gasteiger partial charge in [0.2, 0.25) is 5.91 Å². The topological polar surface area (TPSA) is 87.8 Å². The van der Waals surface area contributed by atoms with Crippen LogP contribution in [0.2, 0.25) is 10.0 Å². The van der Waals surface area contributed by atoms with Gasteiger partial charge in [0, 0.05) is 18.7 Å². The van der Waals surface area contributed by atoms with Gasteiger partial charge in [0.15, 0.2) is 0 Å². The summed E-state index contributed by atoms with van der Waals surface area (Å²) in [6, 6.07) is 3.01. The number of hydrogen-bond acceptors (Lipinski definition) is 5. The first kappa shape index (κ1) is 18.0. The lowest BCUT2D eigenvalue weighted by molar-refractivity contribution is -0.117. The first-order valence-corrected chi connectivity index (χ1v) is 6.99. The molecule has 1 rings (SSSR count). The van der Waals surface area contributed by atoms with Crippen molar-refractivity contribution in [1.82, 2.24) is 4.90 Å². The molecule has 1 aromatic carbocycles. The van der Waals surface area contributed by atoms with Crippen molar-refractivity contribution in [3.63, 3.8) is 0 Å². The molecule has 118 valence electrons. The molecule has 0 spiro atoms. The van der Waals surface area contributed by atoms with Crippen LogP contribution in [0.15, 0.2) is 12.1 Å². The van der Waals surface area contributed by atoms with Crippen LogP contribution in [0.25, 0.3) is 0 Å². The smallest absolute Gasteiger partial charge is 0.238 e. The summed E-state index contributed by atoms with van der Waals surface area (Å²) in [5.74, 6) is -0.293. The Morgan fingerprint density at radius 1 is 1.52 bits per heavy atom. The molecule has 0 aliphatic rings. The average Bonchev–Trinajstić information content (AvgIpc) is 2.33. The van der Waals surface area contributed by atoms with E-state index in [1.54, 1.807) is 11.9 Å². The number of nitrogens with zero attached hydrogens (tertiary/aromatic N) is 1. The molecule has 0 saturated heterocycles. The van der Waals surface area contributed by atoms with Gasteiger partial charge in [-0.1, -0.05) is 23.2 Å². The van der Waals surface area contributed by atoms with Gasteiger partial charge in [-0.3, -0.25) is 9.69 Å². The molecule has 0 fully saturated rings. The lowest BCUT2D eigenvalue weighted by atomic mass is 10.2. The number of likely N-dealkylation sites (N-methyl/N-ethyl adjacent to an activating group) is 1. The van der Waals surface area contributed by atoms with Gasteiger partial charge in [0.05, 0.1) is 35.7 Å². The number of ether oxygens (including phenoxy) is 1. The molecular formula is C13H19Cl2N3O3. The summed E-state index contributed by atoms with van der Waals surface area (Å²) in [4.78, 5) is 13.6. The minimum atomic E-state index is -0.656. The number of aliphatic hydroxyl groups is 1. The van der Waals surface area contributed by atoms with E-state index in [2.05, 4.69) is 5.32 Å². The molecule has 8 heteroatoms. The third-order valence-electron chi connectivity index (χ3n) is 2.64. The Morgan fingerprint density at radius 2 is 2.19 bits per heavy atom. The predicted molar refractivity (Wildman–Crippen MR) is 84.9 cm³/mol. The van der Waals surface area contributed by atoms with Crippen molar-refractivity contribution < 1.29 is 14.6 Å². The second-order valence-corrected chi connectivity index (χ2v) is 5.55. The van der Waals surface area contributed by atoms with Crippen molar-refractivity contribution in [1.29, 1.82) is 0 Å². The molecule has 1 atom stereocenters. The van der Waals surface area contributed by atoms with Crippen LogP contribution >= 0.6 is 23.2 Å². The van der Waals surface area contributed by atoms with Crippen molar-refractivity contribution in [2.75, 3.05) is 44.9 Å². The van der Waals surface area contributed by atoms with Crippen molar-refractivity contribution in [3.8, 4) is 0 Å². The standard InChI is InChI=1S/C13H19Cl2N3O3/c1-18(5-9(19)7-21-2)6-12(20)17-13-10(15)3-8(14)4-11(13)16/h3-4,9,19H,5-7,16H2,1-2H3,(H,17,20). The number of hydrogen-bond donors (Lipinski definition) is 3. The molecule has 0 aliphatic heterocycles. The summed E-state index contributed by atoms with van der Waals surface area (Å²) < 4.78 is 4.82. The van der Waals surface area contributed by atoms with Gasteiger partial charge in [-0.15, -0.1) is 0 Å². The minimum Gasteiger partial charge on any atom is -0.397 e. The van der Waals surface area contributed by atoms with Gasteiger partial charge in [-0.25, -0.2) is 0 Å². The molecule has 1 aromatic rings. The lowest BCUT2D eigenvalue weighted by Crippen LogP contribution is -2.37. The second kappa shape index (κ2) is 8.41. The van der Waals surface area contributed by atoms with Crippen molar-refractivity contribution in [3.05, 3.63) is 22.2 Å². The van der Waals surface area contributed by atoms with Crippen LogP contribution in [0.1, 0.15) is 0 Å². The Labute approximate surface area is 133 Å². The number of carbonyl (C=O) groups excluding carboxylic acids is 1. The molecule has 0 bridgehead atoms. The van der Waals surface area contributed by atoms with Crippen LogP contribution < -0.4 is 11.1 Å². The molecule has 0 aromatic heterocycles. The first-order valence-electron chi connectivity index (χ1n) is 6.23. The fourth-order valence-electron chi connectivity index (χ4n) is 1.82. The van der Waals surface area contributed by atoms with Gasteiger partial charge in [-0.05, 0) is 19.2 Å². The Morgan fingerprint density at radius 3 is 2.76 bits per heavy atom. The van der Waals surface area contributed by atoms with Crippen LogP contribution in [0.5, 0.6) is 0 Å². The number of aliphatic hydroxyl groups excluding tert-OH is 1. The molecule has 4 N–H and O–H groups in total. The quantitative estimate of drug-likeness (QED) is 0.656. The van der Waals surface area contributed by atoms with E-state index < -0.39 is 6.10 Å². The normalized spacial score (nSPS) is 12.5. The number of nitrogens with two attached hydrogens (primary N) is 1. The molecule has 21 heavy (non-hydrogen) atoms. The zero-order valence-electron chi connectivity index (χ0n) is 11.9. The SMILES string of the molecule is COCC(O)CN(C)CC(=O)Nc1c(N)cc(Cl)cc1Cl. The summed E-state index contributed by atoms with van der Waals surface area (Å²) in [5.41, 5.74) is 6.39. The zero-order valence-corrected chi connectivity index (χ0v) is 13.4. The maximum atomic E-state index is 11.9. The Bertz CT molecular complexity index is 477. The summed E-state index contributed by atoms with van der Waals surface area (Å²) in [6.45, 7) is 0.603. The van der Waals surface area contributed by atoms with Crippen LogP contribution in [0.4, 0.5) is 11.4 Å². The number of nitrogen functional groups attached to an aromatic ring is 1. The average molecular weight is 336 g/mol. The fraction of sp³-hybridized carbons (Fsp3) is 0.462. The number of nitrogens with one attached hydrogen (secondary N) is 1. The molecule has 0 radical (unpaired) electrons. The van der Waals surface area contributed by atoms with Crippen molar-refractivity contribution >= 4 is 40.5 Å². The number of methoxy groups -OCH3 is 1. The molecule has 1 unspecified atom stereocenters. The largest absolute Gasteiger partial charge is 0.397 e. The summed E-state index contributed by atoms with van der Waals surface area (Å²) in [5, 5.41) is 12.9. The predicted octanol–water partition coefficient (Wildman–Crippen LogP) is 1.45. The third-order valence-corrected chi connectivity index (χ3v) is 3.16. The van der Waals surface area contributed by atoms with E-state index in [1.165, 1.54) is 19.2 Å². The van der Waals surface area contributed by atoms with E-state index in [-0.39, 0.29) is 24.1 Å². The van der Waals surface area contributed by atoms with E-state index >= 15 is 0 Å². The van der Waals surface area contributed by atoms with Crippen molar-refractivity contribution in [2.24, 2.45) is 0 Å². The van der Waals surface area contributed by atoms with E-state index in [1.807, 2.05) is 0 Å². The highest BCUT2D eigenvalue weighted by Crippen LogP contribution is 2.31. The number of carbonyl (C=O) groups is 1. The number of rotatable bonds is 7. The Hall–Kier alpha value is -1.05. The van der Waals surface area contributed by atoms with Crippen molar-refractivity contribution in [2.45, 2.75) is 6.10 Å². The van der Waals surface area contributed by atoms with Gasteiger partial charge in [0.1, 0.15) is 0 Å². The van der Waals surface area contributed by atoms with Gasteiger partial charge in [0.25, 0.3) is 0 Å². The fourth-order valence-corrected chi connectivity index (χ4v) is 2.38. The molecule has 0 saturated carbocycles. The van der Waals surface area contributed by atoms with E-state index in [9.17, 15) is 9.90 Å².